The Morgan fingerprint density at radius 3 is 2.96 bits per heavy atom. The van der Waals surface area contributed by atoms with Crippen LogP contribution in [0.1, 0.15) is 23.2 Å². The number of likely N-dealkylation sites (tertiary alicyclic amines) is 1. The summed E-state index contributed by atoms with van der Waals surface area (Å²) in [6, 6.07) is 7.00. The lowest BCUT2D eigenvalue weighted by molar-refractivity contribution is 0.0502. The van der Waals surface area contributed by atoms with Crippen LogP contribution in [0.5, 0.6) is 0 Å². The first-order valence-electron chi connectivity index (χ1n) is 8.65. The van der Waals surface area contributed by atoms with Crippen LogP contribution in [0.4, 0.5) is 10.3 Å². The van der Waals surface area contributed by atoms with Gasteiger partial charge in [-0.15, -0.1) is 0 Å². The Morgan fingerprint density at radius 1 is 1.32 bits per heavy atom. The van der Waals surface area contributed by atoms with Crippen LogP contribution in [0.15, 0.2) is 30.5 Å². The largest absolute Gasteiger partial charge is 0.376 e. The third kappa shape index (κ3) is 3.00. The SMILES string of the molecule is CN(C)c1ncc2c(n1)C1(CCN(Cc3ccccc3F)C1)COC2. The molecule has 1 unspecified atom stereocenters. The number of aromatic nitrogens is 2. The minimum Gasteiger partial charge on any atom is -0.376 e. The Morgan fingerprint density at radius 2 is 2.16 bits per heavy atom. The molecule has 1 aromatic heterocycles. The molecule has 2 aromatic rings. The summed E-state index contributed by atoms with van der Waals surface area (Å²) in [6.45, 7) is 3.60. The van der Waals surface area contributed by atoms with E-state index < -0.39 is 0 Å². The van der Waals surface area contributed by atoms with Crippen LogP contribution in [0.3, 0.4) is 0 Å². The summed E-state index contributed by atoms with van der Waals surface area (Å²) < 4.78 is 19.8. The Balaban J connectivity index is 1.60. The summed E-state index contributed by atoms with van der Waals surface area (Å²) in [6.07, 6.45) is 2.86. The van der Waals surface area contributed by atoms with Gasteiger partial charge in [0, 0.05) is 44.5 Å². The molecule has 25 heavy (non-hydrogen) atoms. The smallest absolute Gasteiger partial charge is 0.225 e. The first-order valence-corrected chi connectivity index (χ1v) is 8.65. The quantitative estimate of drug-likeness (QED) is 0.856. The fourth-order valence-corrected chi connectivity index (χ4v) is 3.87. The number of fused-ring (bicyclic) bond motifs is 2. The summed E-state index contributed by atoms with van der Waals surface area (Å²) in [7, 11) is 3.90. The van der Waals surface area contributed by atoms with Gasteiger partial charge in [-0.2, -0.15) is 0 Å². The monoisotopic (exact) mass is 342 g/mol. The number of anilines is 1. The number of nitrogens with zero attached hydrogens (tertiary/aromatic N) is 4. The molecule has 0 aliphatic carbocycles. The van der Waals surface area contributed by atoms with Crippen molar-refractivity contribution in [2.24, 2.45) is 0 Å². The molecule has 1 atom stereocenters. The minimum atomic E-state index is -0.138. The Bertz CT molecular complexity index is 782. The molecule has 2 aliphatic heterocycles. The molecule has 0 bridgehead atoms. The van der Waals surface area contributed by atoms with Gasteiger partial charge in [0.15, 0.2) is 0 Å². The molecule has 132 valence electrons. The minimum absolute atomic E-state index is 0.119. The maximum Gasteiger partial charge on any atom is 0.225 e. The van der Waals surface area contributed by atoms with Crippen molar-refractivity contribution in [3.63, 3.8) is 0 Å². The van der Waals surface area contributed by atoms with Gasteiger partial charge in [0.25, 0.3) is 0 Å². The Labute approximate surface area is 147 Å². The van der Waals surface area contributed by atoms with Crippen LogP contribution in [-0.2, 0) is 23.3 Å². The van der Waals surface area contributed by atoms with Crippen molar-refractivity contribution < 1.29 is 9.13 Å². The van der Waals surface area contributed by atoms with Crippen molar-refractivity contribution in [2.45, 2.75) is 25.0 Å². The van der Waals surface area contributed by atoms with E-state index in [1.807, 2.05) is 37.3 Å². The van der Waals surface area contributed by atoms with E-state index in [-0.39, 0.29) is 11.2 Å². The second-order valence-electron chi connectivity index (χ2n) is 7.26. The van der Waals surface area contributed by atoms with E-state index in [0.717, 1.165) is 42.3 Å². The lowest BCUT2D eigenvalue weighted by atomic mass is 9.80. The molecule has 1 spiro atoms. The first-order chi connectivity index (χ1) is 12.1. The third-order valence-corrected chi connectivity index (χ3v) is 5.17. The second kappa shape index (κ2) is 6.35. The predicted molar refractivity (Wildman–Crippen MR) is 94.0 cm³/mol. The summed E-state index contributed by atoms with van der Waals surface area (Å²) in [5.41, 5.74) is 2.80. The van der Waals surface area contributed by atoms with Gasteiger partial charge in [-0.1, -0.05) is 18.2 Å². The highest BCUT2D eigenvalue weighted by Crippen LogP contribution is 2.39. The zero-order valence-corrected chi connectivity index (χ0v) is 14.7. The predicted octanol–water partition coefficient (Wildman–Crippen LogP) is 2.36. The van der Waals surface area contributed by atoms with Crippen molar-refractivity contribution in [1.82, 2.24) is 14.9 Å². The highest BCUT2D eigenvalue weighted by atomic mass is 19.1. The zero-order valence-electron chi connectivity index (χ0n) is 14.7. The zero-order chi connectivity index (χ0) is 17.4. The summed E-state index contributed by atoms with van der Waals surface area (Å²) in [5, 5.41) is 0. The molecular weight excluding hydrogens is 319 g/mol. The maximum absolute atomic E-state index is 14.0. The third-order valence-electron chi connectivity index (χ3n) is 5.17. The van der Waals surface area contributed by atoms with Gasteiger partial charge in [0.1, 0.15) is 5.82 Å². The van der Waals surface area contributed by atoms with Crippen molar-refractivity contribution in [3.05, 3.63) is 53.1 Å². The van der Waals surface area contributed by atoms with Gasteiger partial charge in [0.2, 0.25) is 5.95 Å². The number of rotatable bonds is 3. The molecule has 5 nitrogen and oxygen atoms in total. The van der Waals surface area contributed by atoms with E-state index >= 15 is 0 Å². The molecule has 6 heteroatoms. The highest BCUT2D eigenvalue weighted by Gasteiger charge is 2.45. The van der Waals surface area contributed by atoms with Crippen molar-refractivity contribution in [3.8, 4) is 0 Å². The van der Waals surface area contributed by atoms with Crippen molar-refractivity contribution >= 4 is 5.95 Å². The van der Waals surface area contributed by atoms with E-state index in [1.165, 1.54) is 6.07 Å². The number of halogens is 1. The summed E-state index contributed by atoms with van der Waals surface area (Å²) in [5.74, 6) is 0.591. The molecule has 1 fully saturated rings. The van der Waals surface area contributed by atoms with Crippen LogP contribution in [0, 0.1) is 5.82 Å². The normalized spacial score (nSPS) is 23.0. The maximum atomic E-state index is 14.0. The van der Waals surface area contributed by atoms with E-state index in [4.69, 9.17) is 9.72 Å². The van der Waals surface area contributed by atoms with E-state index in [2.05, 4.69) is 9.88 Å². The van der Waals surface area contributed by atoms with Crippen LogP contribution >= 0.6 is 0 Å². The fraction of sp³-hybridized carbons (Fsp3) is 0.474. The average Bonchev–Trinajstić information content (AvgIpc) is 3.00. The number of hydrogen-bond acceptors (Lipinski definition) is 5. The van der Waals surface area contributed by atoms with Crippen LogP contribution in [0.2, 0.25) is 0 Å². The lowest BCUT2D eigenvalue weighted by Crippen LogP contribution is -2.40. The van der Waals surface area contributed by atoms with Gasteiger partial charge in [-0.3, -0.25) is 4.90 Å². The first kappa shape index (κ1) is 16.4. The average molecular weight is 342 g/mol. The second-order valence-corrected chi connectivity index (χ2v) is 7.26. The van der Waals surface area contributed by atoms with Crippen LogP contribution < -0.4 is 4.90 Å². The number of hydrogen-bond donors (Lipinski definition) is 0. The topological polar surface area (TPSA) is 41.5 Å². The van der Waals surface area contributed by atoms with Gasteiger partial charge in [0.05, 0.1) is 24.3 Å². The molecule has 1 aromatic carbocycles. The summed E-state index contributed by atoms with van der Waals surface area (Å²) >= 11 is 0. The van der Waals surface area contributed by atoms with Crippen LogP contribution in [-0.4, -0.2) is 48.7 Å². The van der Waals surface area contributed by atoms with Crippen molar-refractivity contribution in [2.75, 3.05) is 38.7 Å². The molecule has 1 saturated heterocycles. The number of benzene rings is 1. The molecule has 0 radical (unpaired) electrons. The Kier molecular flexibility index (Phi) is 4.17. The molecule has 2 aliphatic rings. The fourth-order valence-electron chi connectivity index (χ4n) is 3.87. The highest BCUT2D eigenvalue weighted by molar-refractivity contribution is 5.37. The molecule has 0 N–H and O–H groups in total. The molecule has 0 amide bonds. The molecule has 3 heterocycles. The molecular formula is C19H23FN4O. The van der Waals surface area contributed by atoms with E-state index in [1.54, 1.807) is 6.07 Å². The molecule has 0 saturated carbocycles. The van der Waals surface area contributed by atoms with E-state index in [9.17, 15) is 4.39 Å². The standard InChI is InChI=1S/C19H23FN4O/c1-23(2)18-21-9-15-11-25-13-19(17(15)22-18)7-8-24(12-19)10-14-5-3-4-6-16(14)20/h3-6,9H,7-8,10-13H2,1-2H3. The van der Waals surface area contributed by atoms with Crippen molar-refractivity contribution in [1.29, 1.82) is 0 Å². The van der Waals surface area contributed by atoms with Gasteiger partial charge >= 0.3 is 0 Å². The van der Waals surface area contributed by atoms with E-state index in [0.29, 0.717) is 19.8 Å². The number of ether oxygens (including phenoxy) is 1. The Hall–Kier alpha value is -2.05. The lowest BCUT2D eigenvalue weighted by Gasteiger charge is -2.34. The van der Waals surface area contributed by atoms with Gasteiger partial charge in [-0.05, 0) is 19.0 Å². The summed E-state index contributed by atoms with van der Waals surface area (Å²) in [4.78, 5) is 13.5. The van der Waals surface area contributed by atoms with Crippen LogP contribution in [0.25, 0.3) is 0 Å². The van der Waals surface area contributed by atoms with Gasteiger partial charge < -0.3 is 9.64 Å². The van der Waals surface area contributed by atoms with Gasteiger partial charge in [-0.25, -0.2) is 14.4 Å². The molecule has 4 rings (SSSR count).